The molecule has 1 radical (unpaired) electrons. The number of pyridine rings is 2. The summed E-state index contributed by atoms with van der Waals surface area (Å²) in [6, 6.07) is 48.6. The Morgan fingerprint density at radius 2 is 1.47 bits per heavy atom. The van der Waals surface area contributed by atoms with Crippen molar-refractivity contribution in [3.63, 3.8) is 0 Å². The third kappa shape index (κ3) is 8.63. The molecule has 9 rings (SSSR count). The Hall–Kier alpha value is -5.14. The smallest absolute Gasteiger partial charge is 0.216 e. The van der Waals surface area contributed by atoms with Crippen LogP contribution in [0.4, 0.5) is 0 Å². The second kappa shape index (κ2) is 16.8. The van der Waals surface area contributed by atoms with Gasteiger partial charge in [-0.05, 0) is 55.7 Å². The number of hydrogen-bond acceptors (Lipinski definition) is 4. The summed E-state index contributed by atoms with van der Waals surface area (Å²) in [6.07, 6.45) is 3.24. The number of fused-ring (bicyclic) bond motifs is 4. The molecule has 5 nitrogen and oxygen atoms in total. The molecule has 0 aliphatic rings. The molecule has 0 fully saturated rings. The summed E-state index contributed by atoms with van der Waals surface area (Å²) >= 11 is -1.90. The van der Waals surface area contributed by atoms with E-state index in [9.17, 15) is 0 Å². The molecule has 9 aromatic rings. The van der Waals surface area contributed by atoms with Crippen LogP contribution >= 0.6 is 0 Å². The van der Waals surface area contributed by atoms with Gasteiger partial charge in [0.05, 0.1) is 22.4 Å². The molecule has 0 saturated carbocycles. The minimum Gasteiger partial charge on any atom is -0.486 e. The summed E-state index contributed by atoms with van der Waals surface area (Å²) in [5.74, 6) is 8.12. The number of benzene rings is 5. The van der Waals surface area contributed by atoms with E-state index in [2.05, 4.69) is 166 Å². The fraction of sp³-hybridized carbons (Fsp3) is 0.212. The number of aromatic nitrogens is 4. The van der Waals surface area contributed by atoms with Crippen LogP contribution in [-0.2, 0) is 26.5 Å². The number of rotatable bonds is 6. The summed E-state index contributed by atoms with van der Waals surface area (Å²) in [7, 11) is 0. The zero-order valence-corrected chi connectivity index (χ0v) is 39.9. The Kier molecular flexibility index (Phi) is 12.0. The monoisotopic (exact) mass is 1010 g/mol. The van der Waals surface area contributed by atoms with Crippen molar-refractivity contribution < 1.29 is 24.5 Å². The predicted octanol–water partition coefficient (Wildman–Crippen LogP) is 13.1. The van der Waals surface area contributed by atoms with Gasteiger partial charge in [-0.15, -0.1) is 18.2 Å². The van der Waals surface area contributed by atoms with Crippen molar-refractivity contribution in [3.8, 4) is 39.5 Å². The van der Waals surface area contributed by atoms with Gasteiger partial charge in [0.1, 0.15) is 0 Å². The van der Waals surface area contributed by atoms with E-state index < -0.39 is 13.3 Å². The van der Waals surface area contributed by atoms with E-state index in [1.165, 1.54) is 9.96 Å². The number of imidazole rings is 1. The van der Waals surface area contributed by atoms with Crippen molar-refractivity contribution in [2.45, 2.75) is 65.2 Å². The molecule has 0 aliphatic carbocycles. The van der Waals surface area contributed by atoms with Crippen molar-refractivity contribution in [2.75, 3.05) is 0 Å². The first-order chi connectivity index (χ1) is 27.8. The second-order valence-corrected chi connectivity index (χ2v) is 28.1. The van der Waals surface area contributed by atoms with E-state index >= 15 is 0 Å². The Labute approximate surface area is 364 Å². The van der Waals surface area contributed by atoms with Crippen LogP contribution in [0.3, 0.4) is 0 Å². The predicted molar refractivity (Wildman–Crippen MR) is 245 cm³/mol. The quantitative estimate of drug-likeness (QED) is 0.123. The van der Waals surface area contributed by atoms with Gasteiger partial charge < -0.3 is 8.98 Å². The minimum atomic E-state index is -1.90. The van der Waals surface area contributed by atoms with Crippen LogP contribution in [0.15, 0.2) is 132 Å². The molecule has 4 aromatic heterocycles. The van der Waals surface area contributed by atoms with Gasteiger partial charge in [-0.25, -0.2) is 4.98 Å². The first-order valence-electron chi connectivity index (χ1n) is 20.1. The first kappa shape index (κ1) is 42.0. The summed E-state index contributed by atoms with van der Waals surface area (Å²) < 4.78 is 10.2. The largest absolute Gasteiger partial charge is 0.486 e. The Balaban J connectivity index is 0.000000206. The van der Waals surface area contributed by atoms with Gasteiger partial charge in [0, 0.05) is 42.4 Å². The maximum Gasteiger partial charge on any atom is 0.216 e. The van der Waals surface area contributed by atoms with Gasteiger partial charge in [0.15, 0.2) is 0 Å². The zero-order valence-electron chi connectivity index (χ0n) is 35.4. The van der Waals surface area contributed by atoms with Gasteiger partial charge in [0.2, 0.25) is 5.71 Å². The van der Waals surface area contributed by atoms with Gasteiger partial charge >= 0.3 is 132 Å². The summed E-state index contributed by atoms with van der Waals surface area (Å²) in [5.41, 5.74) is 14.7. The van der Waals surface area contributed by atoms with E-state index in [1.807, 2.05) is 37.3 Å². The second-order valence-electron chi connectivity index (χ2n) is 17.5. The van der Waals surface area contributed by atoms with Crippen LogP contribution < -0.4 is 4.40 Å². The topological polar surface area (TPSA) is 56.7 Å². The molecule has 0 N–H and O–H groups in total. The van der Waals surface area contributed by atoms with E-state index in [1.54, 1.807) is 0 Å². The SMILES string of the molecule is CC(C)(C)Cc1cc(-c2[c-]cccc2)nc[c]1[Ge]([CH3])([CH3])[CH3].Cc1cc2c(nc1C)oc1c(-c3nc4c(C)cccc4n3-c3ccccc3-c3ccccc3)[c-]ccc12.[Ir]. The fourth-order valence-electron chi connectivity index (χ4n) is 7.79. The van der Waals surface area contributed by atoms with Crippen LogP contribution in [0.5, 0.6) is 0 Å². The van der Waals surface area contributed by atoms with Gasteiger partial charge in [-0.1, -0.05) is 71.6 Å². The minimum absolute atomic E-state index is 0. The molecule has 0 aliphatic heterocycles. The third-order valence-corrected chi connectivity index (χ3v) is 15.0. The molecule has 5 aromatic carbocycles. The summed E-state index contributed by atoms with van der Waals surface area (Å²) in [5, 5.41) is 2.03. The number of aryl methyl sites for hydroxylation is 3. The molecule has 0 saturated heterocycles. The average Bonchev–Trinajstić information content (AvgIpc) is 3.77. The first-order valence-corrected chi connectivity index (χ1v) is 27.4. The molecule has 0 amide bonds. The molecule has 0 atom stereocenters. The molecular formula is C52H50GeIrN4O-2. The van der Waals surface area contributed by atoms with E-state index in [4.69, 9.17) is 19.4 Å². The number of nitrogens with zero attached hydrogens (tertiary/aromatic N) is 4. The maximum absolute atomic E-state index is 6.41. The van der Waals surface area contributed by atoms with E-state index in [-0.39, 0.29) is 20.1 Å². The zero-order chi connectivity index (χ0) is 40.8. The standard InChI is InChI=1S/C33H24N3O.C19H26GeN.Ir/c1-20-11-9-18-29-30(20)35-32(36(29)28-17-8-7-14-24(28)23-12-5-4-6-13-23)26-16-10-15-25-27-19-21(2)22(3)34-33(27)37-31(25)26;1-19(2,3)13-16-12-18(15-10-8-7-9-11-15)21-14-17(16)20(4,5)6;/h4-15,17-19H,1-3H3;7-10,12,14H,13H2,1-6H3;/q2*-1;. The number of para-hydroxylation sites is 2. The van der Waals surface area contributed by atoms with Crippen molar-refractivity contribution in [2.24, 2.45) is 5.41 Å². The molecular weight excluding hydrogens is 961 g/mol. The Morgan fingerprint density at radius 1 is 0.729 bits per heavy atom. The molecule has 7 heteroatoms. The Bertz CT molecular complexity index is 2920. The fourth-order valence-corrected chi connectivity index (χ4v) is 11.1. The van der Waals surface area contributed by atoms with E-state index in [0.717, 1.165) is 90.1 Å². The molecule has 59 heavy (non-hydrogen) atoms. The summed E-state index contributed by atoms with van der Waals surface area (Å²) in [6.45, 7) is 13.1. The number of furan rings is 1. The van der Waals surface area contributed by atoms with Crippen molar-refractivity contribution in [3.05, 3.63) is 162 Å². The molecule has 4 heterocycles. The molecule has 299 valence electrons. The molecule has 0 unspecified atom stereocenters. The van der Waals surface area contributed by atoms with Gasteiger partial charge in [-0.3, -0.25) is 4.98 Å². The van der Waals surface area contributed by atoms with Crippen molar-refractivity contribution in [1.29, 1.82) is 0 Å². The normalized spacial score (nSPS) is 11.7. The van der Waals surface area contributed by atoms with Crippen molar-refractivity contribution in [1.82, 2.24) is 19.5 Å². The van der Waals surface area contributed by atoms with Crippen LogP contribution in [0.25, 0.3) is 72.6 Å². The van der Waals surface area contributed by atoms with Crippen molar-refractivity contribution >= 4 is 50.8 Å². The Morgan fingerprint density at radius 3 is 2.20 bits per heavy atom. The third-order valence-electron chi connectivity index (χ3n) is 10.7. The summed E-state index contributed by atoms with van der Waals surface area (Å²) in [4.78, 5) is 14.7. The maximum atomic E-state index is 6.41. The molecule has 0 bridgehead atoms. The average molecular weight is 1010 g/mol. The van der Waals surface area contributed by atoms with Crippen LogP contribution in [-0.4, -0.2) is 32.8 Å². The van der Waals surface area contributed by atoms with Crippen LogP contribution in [0, 0.1) is 38.3 Å². The van der Waals surface area contributed by atoms with E-state index in [0.29, 0.717) is 11.1 Å². The number of hydrogen-bond donors (Lipinski definition) is 0. The van der Waals surface area contributed by atoms with Crippen LogP contribution in [0.2, 0.25) is 17.3 Å². The van der Waals surface area contributed by atoms with Gasteiger partial charge in [-0.2, -0.15) is 0 Å². The molecule has 0 spiro atoms. The van der Waals surface area contributed by atoms with Gasteiger partial charge in [0.25, 0.3) is 0 Å². The van der Waals surface area contributed by atoms with Crippen LogP contribution in [0.1, 0.15) is 43.2 Å².